The van der Waals surface area contributed by atoms with Crippen LogP contribution in [-0.2, 0) is 25.9 Å². The Morgan fingerprint density at radius 2 is 2.07 bits per heavy atom. The summed E-state index contributed by atoms with van der Waals surface area (Å²) < 4.78 is 15.9. The summed E-state index contributed by atoms with van der Waals surface area (Å²) in [4.78, 5) is 15.1. The fourth-order valence-corrected chi connectivity index (χ4v) is 4.45. The van der Waals surface area contributed by atoms with E-state index in [9.17, 15) is 9.18 Å². The van der Waals surface area contributed by atoms with Crippen LogP contribution < -0.4 is 5.32 Å². The number of fused-ring (bicyclic) bond motifs is 1. The SMILES string of the molecule is C=CCn1nc(C(=O)N2CCCCC2)c2c1CCC(NCc1ccccc1F)C2. The summed E-state index contributed by atoms with van der Waals surface area (Å²) in [5, 5.41) is 8.17. The van der Waals surface area contributed by atoms with Gasteiger partial charge >= 0.3 is 0 Å². The van der Waals surface area contributed by atoms with E-state index in [1.54, 1.807) is 6.07 Å². The van der Waals surface area contributed by atoms with Gasteiger partial charge < -0.3 is 10.2 Å². The zero-order valence-electron chi connectivity index (χ0n) is 16.9. The van der Waals surface area contributed by atoms with Crippen LogP contribution in [0.5, 0.6) is 0 Å². The van der Waals surface area contributed by atoms with Crippen LogP contribution in [0.4, 0.5) is 4.39 Å². The number of amides is 1. The highest BCUT2D eigenvalue weighted by atomic mass is 19.1. The van der Waals surface area contributed by atoms with E-state index in [4.69, 9.17) is 0 Å². The number of nitrogens with one attached hydrogen (secondary N) is 1. The smallest absolute Gasteiger partial charge is 0.274 e. The van der Waals surface area contributed by atoms with Crippen LogP contribution in [0.1, 0.15) is 53.0 Å². The van der Waals surface area contributed by atoms with Crippen molar-refractivity contribution in [2.24, 2.45) is 0 Å². The number of benzene rings is 1. The molecule has 1 saturated heterocycles. The molecule has 1 unspecified atom stereocenters. The standard InChI is InChI=1S/C23H29FN4O/c1-2-12-28-21-11-10-18(25-16-17-8-4-5-9-20(17)24)15-19(21)22(26-28)23(29)27-13-6-3-7-14-27/h2,4-5,8-9,18,25H,1,3,6-7,10-16H2. The summed E-state index contributed by atoms with van der Waals surface area (Å²) >= 11 is 0. The van der Waals surface area contributed by atoms with Crippen molar-refractivity contribution < 1.29 is 9.18 Å². The van der Waals surface area contributed by atoms with E-state index in [1.165, 1.54) is 12.5 Å². The highest BCUT2D eigenvalue weighted by Crippen LogP contribution is 2.27. The number of hydrogen-bond acceptors (Lipinski definition) is 3. The predicted octanol–water partition coefficient (Wildman–Crippen LogP) is 3.48. The van der Waals surface area contributed by atoms with Crippen molar-refractivity contribution in [2.75, 3.05) is 13.1 Å². The quantitative estimate of drug-likeness (QED) is 0.761. The average molecular weight is 397 g/mol. The summed E-state index contributed by atoms with van der Waals surface area (Å²) in [7, 11) is 0. The van der Waals surface area contributed by atoms with Crippen LogP contribution in [0.3, 0.4) is 0 Å². The lowest BCUT2D eigenvalue weighted by atomic mass is 9.90. The first kappa shape index (κ1) is 19.8. The number of piperidine rings is 1. The van der Waals surface area contributed by atoms with Gasteiger partial charge in [-0.15, -0.1) is 6.58 Å². The van der Waals surface area contributed by atoms with Crippen molar-refractivity contribution in [1.82, 2.24) is 20.0 Å². The summed E-state index contributed by atoms with van der Waals surface area (Å²) in [6, 6.07) is 7.07. The van der Waals surface area contributed by atoms with Gasteiger partial charge in [0.05, 0.1) is 6.54 Å². The molecule has 0 saturated carbocycles. The van der Waals surface area contributed by atoms with E-state index in [1.807, 2.05) is 27.8 Å². The van der Waals surface area contributed by atoms with Gasteiger partial charge in [-0.25, -0.2) is 4.39 Å². The largest absolute Gasteiger partial charge is 0.337 e. The molecule has 1 amide bonds. The van der Waals surface area contributed by atoms with Gasteiger partial charge in [0, 0.05) is 42.5 Å². The predicted molar refractivity (Wildman–Crippen MR) is 111 cm³/mol. The van der Waals surface area contributed by atoms with Crippen molar-refractivity contribution in [3.63, 3.8) is 0 Å². The van der Waals surface area contributed by atoms with Gasteiger partial charge in [-0.1, -0.05) is 24.3 Å². The van der Waals surface area contributed by atoms with E-state index < -0.39 is 0 Å². The molecule has 1 aromatic heterocycles. The molecule has 0 bridgehead atoms. The number of allylic oxidation sites excluding steroid dienone is 1. The summed E-state index contributed by atoms with van der Waals surface area (Å²) in [6.07, 6.45) is 7.69. The van der Waals surface area contributed by atoms with Crippen molar-refractivity contribution in [3.8, 4) is 0 Å². The molecule has 2 aliphatic rings. The van der Waals surface area contributed by atoms with Crippen molar-refractivity contribution in [2.45, 2.75) is 57.7 Å². The zero-order chi connectivity index (χ0) is 20.2. The summed E-state index contributed by atoms with van der Waals surface area (Å²) in [5.41, 5.74) is 3.47. The van der Waals surface area contributed by atoms with Crippen molar-refractivity contribution >= 4 is 5.91 Å². The van der Waals surface area contributed by atoms with Gasteiger partial charge in [-0.3, -0.25) is 9.48 Å². The Balaban J connectivity index is 1.53. The molecule has 6 heteroatoms. The average Bonchev–Trinajstić information content (AvgIpc) is 3.11. The molecular formula is C23H29FN4O. The number of rotatable bonds is 6. The Morgan fingerprint density at radius 3 is 2.83 bits per heavy atom. The maximum atomic E-state index is 13.9. The molecule has 1 aliphatic carbocycles. The number of carbonyl (C=O) groups excluding carboxylic acids is 1. The van der Waals surface area contributed by atoms with Crippen LogP contribution in [0.2, 0.25) is 0 Å². The second kappa shape index (κ2) is 8.91. The third kappa shape index (κ3) is 4.27. The normalized spacial score (nSPS) is 19.1. The number of likely N-dealkylation sites (tertiary alicyclic amines) is 1. The first-order valence-electron chi connectivity index (χ1n) is 10.6. The Morgan fingerprint density at radius 1 is 1.28 bits per heavy atom. The van der Waals surface area contributed by atoms with Crippen LogP contribution in [0, 0.1) is 5.82 Å². The monoisotopic (exact) mass is 396 g/mol. The number of carbonyl (C=O) groups is 1. The van der Waals surface area contributed by atoms with E-state index >= 15 is 0 Å². The topological polar surface area (TPSA) is 50.2 Å². The molecule has 0 spiro atoms. The minimum atomic E-state index is -0.184. The Hall–Kier alpha value is -2.47. The minimum absolute atomic E-state index is 0.0542. The molecule has 1 atom stereocenters. The van der Waals surface area contributed by atoms with Crippen molar-refractivity contribution in [3.05, 3.63) is 65.3 Å². The van der Waals surface area contributed by atoms with Crippen LogP contribution >= 0.6 is 0 Å². The molecule has 2 aromatic rings. The van der Waals surface area contributed by atoms with Gasteiger partial charge in [-0.2, -0.15) is 5.10 Å². The van der Waals surface area contributed by atoms with Crippen LogP contribution in [0.15, 0.2) is 36.9 Å². The molecular weight excluding hydrogens is 367 g/mol. The lowest BCUT2D eigenvalue weighted by Gasteiger charge is -2.28. The zero-order valence-corrected chi connectivity index (χ0v) is 16.9. The molecule has 2 heterocycles. The molecule has 29 heavy (non-hydrogen) atoms. The van der Waals surface area contributed by atoms with E-state index in [-0.39, 0.29) is 17.8 Å². The van der Waals surface area contributed by atoms with E-state index in [2.05, 4.69) is 17.0 Å². The molecule has 1 N–H and O–H groups in total. The lowest BCUT2D eigenvalue weighted by Crippen LogP contribution is -2.38. The molecule has 5 nitrogen and oxygen atoms in total. The molecule has 1 fully saturated rings. The lowest BCUT2D eigenvalue weighted by molar-refractivity contribution is 0.0716. The van der Waals surface area contributed by atoms with Crippen LogP contribution in [-0.4, -0.2) is 39.7 Å². The maximum absolute atomic E-state index is 13.9. The Labute approximate surface area is 171 Å². The number of halogens is 1. The molecule has 1 aliphatic heterocycles. The highest BCUT2D eigenvalue weighted by Gasteiger charge is 2.31. The second-order valence-corrected chi connectivity index (χ2v) is 8.01. The summed E-state index contributed by atoms with van der Waals surface area (Å²) in [5.74, 6) is -0.130. The third-order valence-corrected chi connectivity index (χ3v) is 6.03. The van der Waals surface area contributed by atoms with Crippen LogP contribution in [0.25, 0.3) is 0 Å². The third-order valence-electron chi connectivity index (χ3n) is 6.03. The molecule has 154 valence electrons. The number of nitrogens with zero attached hydrogens (tertiary/aromatic N) is 3. The van der Waals surface area contributed by atoms with Gasteiger partial charge in [0.25, 0.3) is 5.91 Å². The maximum Gasteiger partial charge on any atom is 0.274 e. The first-order chi connectivity index (χ1) is 14.2. The van der Waals surface area contributed by atoms with E-state index in [0.29, 0.717) is 24.3 Å². The molecule has 1 aromatic carbocycles. The van der Waals surface area contributed by atoms with Crippen molar-refractivity contribution in [1.29, 1.82) is 0 Å². The Kier molecular flexibility index (Phi) is 6.09. The minimum Gasteiger partial charge on any atom is -0.337 e. The van der Waals surface area contributed by atoms with Gasteiger partial charge in [-0.05, 0) is 44.6 Å². The molecule has 4 rings (SSSR count). The van der Waals surface area contributed by atoms with Gasteiger partial charge in [0.2, 0.25) is 0 Å². The molecule has 0 radical (unpaired) electrons. The first-order valence-corrected chi connectivity index (χ1v) is 10.6. The Bertz CT molecular complexity index is 885. The highest BCUT2D eigenvalue weighted by molar-refractivity contribution is 5.94. The number of hydrogen-bond donors (Lipinski definition) is 1. The fraction of sp³-hybridized carbons (Fsp3) is 0.478. The number of aromatic nitrogens is 2. The fourth-order valence-electron chi connectivity index (χ4n) is 4.45. The van der Waals surface area contributed by atoms with E-state index in [0.717, 1.165) is 56.5 Å². The van der Waals surface area contributed by atoms with Gasteiger partial charge in [0.1, 0.15) is 5.82 Å². The van der Waals surface area contributed by atoms with Gasteiger partial charge in [0.15, 0.2) is 5.69 Å². The second-order valence-electron chi connectivity index (χ2n) is 8.01. The summed E-state index contributed by atoms with van der Waals surface area (Å²) in [6.45, 7) is 6.57.